The predicted octanol–water partition coefficient (Wildman–Crippen LogP) is 2.95. The summed E-state index contributed by atoms with van der Waals surface area (Å²) in [5, 5.41) is 0. The monoisotopic (exact) mass is 206 g/mol. The van der Waals surface area contributed by atoms with Gasteiger partial charge in [0, 0.05) is 11.5 Å². The van der Waals surface area contributed by atoms with Crippen molar-refractivity contribution in [1.82, 2.24) is 0 Å². The molecule has 15 heavy (non-hydrogen) atoms. The highest BCUT2D eigenvalue weighted by Gasteiger charge is 2.13. The zero-order chi connectivity index (χ0) is 11.3. The molecule has 0 heterocycles. The number of benzene rings is 1. The Kier molecular flexibility index (Phi) is 4.35. The van der Waals surface area contributed by atoms with Crippen molar-refractivity contribution in [1.29, 1.82) is 0 Å². The quantitative estimate of drug-likeness (QED) is 0.692. The standard InChI is InChI=1S/C13H18O2/c1-4-6-11-7-5-8-12(10(2)9-14)13(11)15-3/h5,7-10H,4,6H2,1-3H3. The van der Waals surface area contributed by atoms with E-state index in [0.29, 0.717) is 0 Å². The molecule has 0 radical (unpaired) electrons. The third-order valence-corrected chi connectivity index (χ3v) is 2.55. The maximum absolute atomic E-state index is 10.8. The summed E-state index contributed by atoms with van der Waals surface area (Å²) in [7, 11) is 1.66. The minimum atomic E-state index is -0.100. The van der Waals surface area contributed by atoms with Crippen LogP contribution in [0.15, 0.2) is 18.2 Å². The number of hydrogen-bond donors (Lipinski definition) is 0. The minimum absolute atomic E-state index is 0.100. The first-order valence-electron chi connectivity index (χ1n) is 5.35. The Morgan fingerprint density at radius 1 is 1.47 bits per heavy atom. The van der Waals surface area contributed by atoms with E-state index in [-0.39, 0.29) is 5.92 Å². The summed E-state index contributed by atoms with van der Waals surface area (Å²) >= 11 is 0. The molecule has 0 N–H and O–H groups in total. The smallest absolute Gasteiger partial charge is 0.127 e. The second-order valence-electron chi connectivity index (χ2n) is 3.71. The Morgan fingerprint density at radius 2 is 2.20 bits per heavy atom. The van der Waals surface area contributed by atoms with Gasteiger partial charge in [0.25, 0.3) is 0 Å². The second-order valence-corrected chi connectivity index (χ2v) is 3.71. The molecule has 0 amide bonds. The Morgan fingerprint density at radius 3 is 2.73 bits per heavy atom. The summed E-state index contributed by atoms with van der Waals surface area (Å²) in [5.74, 6) is 0.774. The van der Waals surface area contributed by atoms with Crippen LogP contribution in [0.1, 0.15) is 37.3 Å². The molecule has 1 rings (SSSR count). The minimum Gasteiger partial charge on any atom is -0.496 e. The fraction of sp³-hybridized carbons (Fsp3) is 0.462. The van der Waals surface area contributed by atoms with E-state index < -0.39 is 0 Å². The summed E-state index contributed by atoms with van der Waals surface area (Å²) in [6.07, 6.45) is 3.02. The summed E-state index contributed by atoms with van der Waals surface area (Å²) in [5.41, 5.74) is 2.17. The maximum atomic E-state index is 10.8. The first kappa shape index (κ1) is 11.8. The van der Waals surface area contributed by atoms with Gasteiger partial charge >= 0.3 is 0 Å². The van der Waals surface area contributed by atoms with Crippen molar-refractivity contribution in [2.45, 2.75) is 32.6 Å². The van der Waals surface area contributed by atoms with Crippen molar-refractivity contribution < 1.29 is 9.53 Å². The number of aryl methyl sites for hydroxylation is 1. The van der Waals surface area contributed by atoms with Crippen molar-refractivity contribution in [3.05, 3.63) is 29.3 Å². The highest BCUT2D eigenvalue weighted by Crippen LogP contribution is 2.29. The van der Waals surface area contributed by atoms with Gasteiger partial charge in [-0.05, 0) is 12.0 Å². The highest BCUT2D eigenvalue weighted by molar-refractivity contribution is 5.64. The predicted molar refractivity (Wildman–Crippen MR) is 61.5 cm³/mol. The van der Waals surface area contributed by atoms with Crippen LogP contribution in [0, 0.1) is 0 Å². The number of carbonyl (C=O) groups excluding carboxylic acids is 1. The van der Waals surface area contributed by atoms with Crippen LogP contribution in [0.5, 0.6) is 5.75 Å². The first-order chi connectivity index (χ1) is 7.24. The van der Waals surface area contributed by atoms with E-state index in [1.807, 2.05) is 19.1 Å². The SMILES string of the molecule is CCCc1cccc(C(C)C=O)c1OC. The molecule has 0 saturated carbocycles. The van der Waals surface area contributed by atoms with E-state index in [9.17, 15) is 4.79 Å². The highest BCUT2D eigenvalue weighted by atomic mass is 16.5. The number of hydrogen-bond acceptors (Lipinski definition) is 2. The molecule has 0 aliphatic carbocycles. The maximum Gasteiger partial charge on any atom is 0.127 e. The van der Waals surface area contributed by atoms with E-state index in [2.05, 4.69) is 13.0 Å². The normalized spacial score (nSPS) is 12.2. The van der Waals surface area contributed by atoms with Gasteiger partial charge in [-0.1, -0.05) is 38.5 Å². The van der Waals surface area contributed by atoms with Gasteiger partial charge in [-0.2, -0.15) is 0 Å². The van der Waals surface area contributed by atoms with Gasteiger partial charge in [0.05, 0.1) is 7.11 Å². The number of carbonyl (C=O) groups is 1. The number of methoxy groups -OCH3 is 1. The van der Waals surface area contributed by atoms with Gasteiger partial charge in [-0.25, -0.2) is 0 Å². The molecule has 0 aromatic heterocycles. The lowest BCUT2D eigenvalue weighted by atomic mass is 9.97. The Hall–Kier alpha value is -1.31. The third kappa shape index (κ3) is 2.58. The fourth-order valence-corrected chi connectivity index (χ4v) is 1.75. The summed E-state index contributed by atoms with van der Waals surface area (Å²) in [6.45, 7) is 4.02. The summed E-state index contributed by atoms with van der Waals surface area (Å²) in [4.78, 5) is 10.8. The van der Waals surface area contributed by atoms with Crippen LogP contribution in [0.25, 0.3) is 0 Å². The first-order valence-corrected chi connectivity index (χ1v) is 5.35. The van der Waals surface area contributed by atoms with Crippen LogP contribution in [0.2, 0.25) is 0 Å². The third-order valence-electron chi connectivity index (χ3n) is 2.55. The molecule has 2 heteroatoms. The summed E-state index contributed by atoms with van der Waals surface area (Å²) in [6, 6.07) is 6.00. The topological polar surface area (TPSA) is 26.3 Å². The molecule has 82 valence electrons. The number of rotatable bonds is 5. The Labute approximate surface area is 91.3 Å². The van der Waals surface area contributed by atoms with Crippen molar-refractivity contribution in [3.8, 4) is 5.75 Å². The average Bonchev–Trinajstić information content (AvgIpc) is 2.28. The van der Waals surface area contributed by atoms with E-state index in [4.69, 9.17) is 4.74 Å². The Bertz CT molecular complexity index is 331. The lowest BCUT2D eigenvalue weighted by Crippen LogP contribution is -2.01. The molecule has 0 aliphatic heterocycles. The van der Waals surface area contributed by atoms with Gasteiger partial charge in [-0.15, -0.1) is 0 Å². The average molecular weight is 206 g/mol. The molecule has 0 saturated heterocycles. The van der Waals surface area contributed by atoms with Crippen molar-refractivity contribution in [2.75, 3.05) is 7.11 Å². The molecule has 0 aliphatic rings. The summed E-state index contributed by atoms with van der Waals surface area (Å²) < 4.78 is 5.39. The lowest BCUT2D eigenvalue weighted by molar-refractivity contribution is -0.108. The van der Waals surface area contributed by atoms with Crippen LogP contribution in [-0.4, -0.2) is 13.4 Å². The van der Waals surface area contributed by atoms with E-state index >= 15 is 0 Å². The van der Waals surface area contributed by atoms with E-state index in [0.717, 1.165) is 30.4 Å². The number of ether oxygens (including phenoxy) is 1. The van der Waals surface area contributed by atoms with Crippen LogP contribution < -0.4 is 4.74 Å². The number of para-hydroxylation sites is 1. The lowest BCUT2D eigenvalue weighted by Gasteiger charge is -2.14. The van der Waals surface area contributed by atoms with Crippen molar-refractivity contribution in [3.63, 3.8) is 0 Å². The molecule has 1 unspecified atom stereocenters. The van der Waals surface area contributed by atoms with Gasteiger partial charge in [0.2, 0.25) is 0 Å². The van der Waals surface area contributed by atoms with E-state index in [1.165, 1.54) is 5.56 Å². The van der Waals surface area contributed by atoms with Gasteiger partial charge in [0.15, 0.2) is 0 Å². The van der Waals surface area contributed by atoms with Gasteiger partial charge in [0.1, 0.15) is 12.0 Å². The zero-order valence-corrected chi connectivity index (χ0v) is 9.62. The Balaban J connectivity index is 3.15. The molecule has 0 spiro atoms. The molecule has 0 bridgehead atoms. The molecule has 1 atom stereocenters. The van der Waals surface area contributed by atoms with E-state index in [1.54, 1.807) is 7.11 Å². The number of aldehydes is 1. The fourth-order valence-electron chi connectivity index (χ4n) is 1.75. The molecular weight excluding hydrogens is 188 g/mol. The largest absolute Gasteiger partial charge is 0.496 e. The van der Waals surface area contributed by atoms with Gasteiger partial charge < -0.3 is 9.53 Å². The molecule has 2 nitrogen and oxygen atoms in total. The van der Waals surface area contributed by atoms with Gasteiger partial charge in [-0.3, -0.25) is 0 Å². The van der Waals surface area contributed by atoms with Crippen molar-refractivity contribution in [2.24, 2.45) is 0 Å². The zero-order valence-electron chi connectivity index (χ0n) is 9.62. The van der Waals surface area contributed by atoms with Crippen molar-refractivity contribution >= 4 is 6.29 Å². The molecule has 1 aromatic carbocycles. The van der Waals surface area contributed by atoms with Crippen LogP contribution in [0.3, 0.4) is 0 Å². The molecule has 0 fully saturated rings. The van der Waals surface area contributed by atoms with Crippen LogP contribution in [-0.2, 0) is 11.2 Å². The molecule has 1 aromatic rings. The molecular formula is C13H18O2. The van der Waals surface area contributed by atoms with Crippen LogP contribution in [0.4, 0.5) is 0 Å². The second kappa shape index (κ2) is 5.54. The van der Waals surface area contributed by atoms with Crippen LogP contribution >= 0.6 is 0 Å².